The molecule has 0 aliphatic heterocycles. The van der Waals surface area contributed by atoms with Crippen molar-refractivity contribution in [2.45, 2.75) is 30.4 Å². The van der Waals surface area contributed by atoms with Crippen LogP contribution >= 0.6 is 0 Å². The van der Waals surface area contributed by atoms with E-state index in [1.54, 1.807) is 24.3 Å². The van der Waals surface area contributed by atoms with E-state index in [4.69, 9.17) is 0 Å². The van der Waals surface area contributed by atoms with E-state index in [9.17, 15) is 22.0 Å². The van der Waals surface area contributed by atoms with Gasteiger partial charge in [0.25, 0.3) is 0 Å². The second kappa shape index (κ2) is 3.90. The lowest BCUT2D eigenvalue weighted by Crippen LogP contribution is -2.47. The minimum atomic E-state index is -5.55. The Bertz CT molecular complexity index is 658. The maximum Gasteiger partial charge on any atom is 0.454 e. The van der Waals surface area contributed by atoms with Crippen molar-refractivity contribution < 1.29 is 22.0 Å². The Hall–Kier alpha value is -1.72. The van der Waals surface area contributed by atoms with E-state index in [0.717, 1.165) is 6.20 Å². The highest BCUT2D eigenvalue weighted by atomic mass is 19.4. The number of benzene rings is 1. The van der Waals surface area contributed by atoms with Crippen LogP contribution < -0.4 is 0 Å². The molecule has 1 heterocycles. The number of hydrogen-bond acceptors (Lipinski definition) is 1. The molecule has 0 bridgehead atoms. The molecule has 1 aliphatic rings. The van der Waals surface area contributed by atoms with Gasteiger partial charge < -0.3 is 0 Å². The first kappa shape index (κ1) is 13.3. The maximum absolute atomic E-state index is 13.7. The summed E-state index contributed by atoms with van der Waals surface area (Å²) in [5.74, 6) is -4.73. The van der Waals surface area contributed by atoms with Crippen LogP contribution in [0.2, 0.25) is 0 Å². The average Bonchev–Trinajstić information content (AvgIpc) is 3.18. The number of hydrogen-bond donors (Lipinski definition) is 0. The summed E-state index contributed by atoms with van der Waals surface area (Å²) in [5.41, 5.74) is -1.62. The van der Waals surface area contributed by atoms with Crippen molar-refractivity contribution in [3.63, 3.8) is 0 Å². The number of halogens is 5. The summed E-state index contributed by atoms with van der Waals surface area (Å²) < 4.78 is 65.2. The van der Waals surface area contributed by atoms with E-state index in [0.29, 0.717) is 10.9 Å². The second-order valence-electron chi connectivity index (χ2n) is 5.07. The minimum Gasteiger partial charge on any atom is -0.256 e. The quantitative estimate of drug-likeness (QED) is 0.743. The van der Waals surface area contributed by atoms with Gasteiger partial charge in [-0.05, 0) is 30.5 Å². The first-order chi connectivity index (χ1) is 9.28. The Balaban J connectivity index is 2.11. The fraction of sp³-hybridized carbons (Fsp3) is 0.357. The number of aromatic nitrogens is 1. The third-order valence-corrected chi connectivity index (χ3v) is 3.85. The largest absolute Gasteiger partial charge is 0.454 e. The molecule has 6 heteroatoms. The molecule has 1 aromatic heterocycles. The van der Waals surface area contributed by atoms with Gasteiger partial charge in [0.05, 0.1) is 10.9 Å². The number of alkyl halides is 5. The van der Waals surface area contributed by atoms with E-state index in [1.165, 1.54) is 6.07 Å². The Morgan fingerprint density at radius 3 is 2.25 bits per heavy atom. The molecular formula is C14H10F5N. The summed E-state index contributed by atoms with van der Waals surface area (Å²) in [5, 5.41) is 0.564. The molecule has 1 nitrogen and oxygen atoms in total. The van der Waals surface area contributed by atoms with Gasteiger partial charge in [0.15, 0.2) is 0 Å². The lowest BCUT2D eigenvalue weighted by molar-refractivity contribution is -0.296. The third-order valence-electron chi connectivity index (χ3n) is 3.85. The first-order valence-corrected chi connectivity index (χ1v) is 6.08. The Morgan fingerprint density at radius 2 is 1.65 bits per heavy atom. The molecule has 1 fully saturated rings. The van der Waals surface area contributed by atoms with Crippen molar-refractivity contribution in [3.8, 4) is 0 Å². The fourth-order valence-electron chi connectivity index (χ4n) is 2.51. The minimum absolute atomic E-state index is 0.0430. The molecule has 0 N–H and O–H groups in total. The third kappa shape index (κ3) is 1.70. The molecule has 0 spiro atoms. The number of para-hydroxylation sites is 1. The number of pyridine rings is 1. The number of fused-ring (bicyclic) bond motifs is 1. The highest BCUT2D eigenvalue weighted by Crippen LogP contribution is 2.63. The fourth-order valence-corrected chi connectivity index (χ4v) is 2.51. The van der Waals surface area contributed by atoms with Gasteiger partial charge in [-0.15, -0.1) is 0 Å². The van der Waals surface area contributed by atoms with Gasteiger partial charge in [-0.25, -0.2) is 0 Å². The molecule has 0 atom stereocenters. The second-order valence-corrected chi connectivity index (χ2v) is 5.07. The smallest absolute Gasteiger partial charge is 0.256 e. The molecule has 0 saturated heterocycles. The van der Waals surface area contributed by atoms with Gasteiger partial charge in [0.1, 0.15) is 0 Å². The molecule has 1 aromatic carbocycles. The molecule has 0 radical (unpaired) electrons. The van der Waals surface area contributed by atoms with Crippen molar-refractivity contribution in [1.29, 1.82) is 0 Å². The Labute approximate surface area is 111 Å². The lowest BCUT2D eigenvalue weighted by Gasteiger charge is -2.28. The highest BCUT2D eigenvalue weighted by Gasteiger charge is 2.75. The number of rotatable bonds is 2. The van der Waals surface area contributed by atoms with Gasteiger partial charge in [0, 0.05) is 11.6 Å². The van der Waals surface area contributed by atoms with E-state index < -0.39 is 17.5 Å². The Morgan fingerprint density at radius 1 is 1.00 bits per heavy atom. The molecule has 1 aliphatic carbocycles. The van der Waals surface area contributed by atoms with Gasteiger partial charge in [0.2, 0.25) is 0 Å². The van der Waals surface area contributed by atoms with E-state index in [-0.39, 0.29) is 18.4 Å². The summed E-state index contributed by atoms with van der Waals surface area (Å²) in [6.07, 6.45) is -4.77. The molecule has 0 amide bonds. The lowest BCUT2D eigenvalue weighted by atomic mass is 9.89. The van der Waals surface area contributed by atoms with E-state index in [1.807, 2.05) is 0 Å². The van der Waals surface area contributed by atoms with Crippen molar-refractivity contribution in [2.75, 3.05) is 0 Å². The molecule has 0 unspecified atom stereocenters. The summed E-state index contributed by atoms with van der Waals surface area (Å²) in [7, 11) is 0. The topological polar surface area (TPSA) is 12.9 Å². The van der Waals surface area contributed by atoms with Gasteiger partial charge in [-0.2, -0.15) is 22.0 Å². The molecular weight excluding hydrogens is 277 g/mol. The van der Waals surface area contributed by atoms with Crippen molar-refractivity contribution >= 4 is 10.9 Å². The first-order valence-electron chi connectivity index (χ1n) is 6.08. The number of nitrogens with zero attached hydrogens (tertiary/aromatic N) is 1. The molecule has 3 rings (SSSR count). The van der Waals surface area contributed by atoms with Crippen LogP contribution in [0.25, 0.3) is 10.9 Å². The van der Waals surface area contributed by atoms with Crippen LogP contribution in [0.5, 0.6) is 0 Å². The van der Waals surface area contributed by atoms with Gasteiger partial charge >= 0.3 is 12.1 Å². The van der Waals surface area contributed by atoms with Crippen LogP contribution in [0.15, 0.2) is 36.5 Å². The summed E-state index contributed by atoms with van der Waals surface area (Å²) >= 11 is 0. The van der Waals surface area contributed by atoms with Gasteiger partial charge in [-0.1, -0.05) is 18.2 Å². The normalized spacial score (nSPS) is 18.2. The van der Waals surface area contributed by atoms with E-state index >= 15 is 0 Å². The predicted octanol–water partition coefficient (Wildman–Crippen LogP) is 4.46. The predicted molar refractivity (Wildman–Crippen MR) is 63.7 cm³/mol. The summed E-state index contributed by atoms with van der Waals surface area (Å²) in [6, 6.07) is 8.13. The summed E-state index contributed by atoms with van der Waals surface area (Å²) in [6.45, 7) is 0. The van der Waals surface area contributed by atoms with Crippen LogP contribution in [0.3, 0.4) is 0 Å². The molecule has 2 aromatic rings. The van der Waals surface area contributed by atoms with Crippen LogP contribution in [-0.4, -0.2) is 17.1 Å². The highest BCUT2D eigenvalue weighted by molar-refractivity contribution is 5.79. The zero-order valence-corrected chi connectivity index (χ0v) is 10.2. The SMILES string of the molecule is FC(F)(F)C(F)(F)C1(c2cnc3ccccc3c2)CC1. The van der Waals surface area contributed by atoms with Crippen LogP contribution in [-0.2, 0) is 5.41 Å². The van der Waals surface area contributed by atoms with Crippen molar-refractivity contribution in [3.05, 3.63) is 42.1 Å². The Kier molecular flexibility index (Phi) is 2.59. The molecule has 106 valence electrons. The van der Waals surface area contributed by atoms with Gasteiger partial charge in [-0.3, -0.25) is 4.98 Å². The van der Waals surface area contributed by atoms with Crippen LogP contribution in [0.4, 0.5) is 22.0 Å². The standard InChI is InChI=1S/C14H10F5N/c15-13(16,14(17,18)19)12(5-6-12)10-7-9-3-1-2-4-11(9)20-8-10/h1-4,7-8H,5-6H2. The zero-order valence-electron chi connectivity index (χ0n) is 10.2. The molecule has 1 saturated carbocycles. The van der Waals surface area contributed by atoms with Crippen LogP contribution in [0.1, 0.15) is 18.4 Å². The van der Waals surface area contributed by atoms with Crippen LogP contribution in [0, 0.1) is 0 Å². The monoisotopic (exact) mass is 287 g/mol. The summed E-state index contributed by atoms with van der Waals surface area (Å²) in [4.78, 5) is 3.98. The maximum atomic E-state index is 13.7. The van der Waals surface area contributed by atoms with Crippen molar-refractivity contribution in [1.82, 2.24) is 4.98 Å². The average molecular weight is 287 g/mol. The van der Waals surface area contributed by atoms with E-state index in [2.05, 4.69) is 4.98 Å². The molecule has 20 heavy (non-hydrogen) atoms. The van der Waals surface area contributed by atoms with Crippen molar-refractivity contribution in [2.24, 2.45) is 0 Å². The zero-order chi connectivity index (χ0) is 14.6.